The molecule has 0 unspecified atom stereocenters. The van der Waals surface area contributed by atoms with Crippen molar-refractivity contribution in [2.45, 2.75) is 0 Å². The summed E-state index contributed by atoms with van der Waals surface area (Å²) in [6.07, 6.45) is 0. The van der Waals surface area contributed by atoms with Crippen LogP contribution in [0.15, 0.2) is 60.7 Å². The van der Waals surface area contributed by atoms with E-state index >= 15 is 0 Å². The van der Waals surface area contributed by atoms with Crippen molar-refractivity contribution in [2.24, 2.45) is 0 Å². The molecule has 2 heteroatoms. The molecule has 0 atom stereocenters. The molecule has 26 heavy (non-hydrogen) atoms. The highest BCUT2D eigenvalue weighted by Crippen LogP contribution is 1.95. The molecule has 0 aliphatic heterocycles. The lowest BCUT2D eigenvalue weighted by Gasteiger charge is -1.90. The van der Waals surface area contributed by atoms with Gasteiger partial charge in [0, 0.05) is 11.1 Å². The highest BCUT2D eigenvalue weighted by molar-refractivity contribution is 5.34. The van der Waals surface area contributed by atoms with Gasteiger partial charge in [-0.3, -0.25) is 0 Å². The molecule has 2 nitrogen and oxygen atoms in total. The van der Waals surface area contributed by atoms with Crippen LogP contribution in [0.4, 0.5) is 0 Å². The Kier molecular flexibility index (Phi) is 9.43. The maximum atomic E-state index is 5.29. The van der Waals surface area contributed by atoms with E-state index in [-0.39, 0.29) is 0 Å². The molecule has 126 valence electrons. The zero-order valence-corrected chi connectivity index (χ0v) is 14.4. The van der Waals surface area contributed by atoms with Gasteiger partial charge in [-0.25, -0.2) is 0 Å². The molecule has 0 radical (unpaired) electrons. The van der Waals surface area contributed by atoms with Crippen molar-refractivity contribution in [1.82, 2.24) is 0 Å². The second kappa shape index (κ2) is 13.0. The van der Waals surface area contributed by atoms with Crippen LogP contribution in [0.3, 0.4) is 0 Å². The van der Waals surface area contributed by atoms with Crippen LogP contribution < -0.4 is 0 Å². The average molecular weight is 338 g/mol. The maximum absolute atomic E-state index is 5.29. The van der Waals surface area contributed by atoms with Crippen molar-refractivity contribution < 1.29 is 9.47 Å². The summed E-state index contributed by atoms with van der Waals surface area (Å²) in [5, 5.41) is 0. The minimum Gasteiger partial charge on any atom is -0.356 e. The molecule has 0 aliphatic carbocycles. The number of ether oxygens (including phenoxy) is 2. The van der Waals surface area contributed by atoms with Gasteiger partial charge >= 0.3 is 0 Å². The van der Waals surface area contributed by atoms with Gasteiger partial charge < -0.3 is 9.47 Å². The molecule has 2 rings (SSSR count). The van der Waals surface area contributed by atoms with Gasteiger partial charge in [0.05, 0.1) is 0 Å². The van der Waals surface area contributed by atoms with E-state index in [1.807, 2.05) is 60.7 Å². The van der Waals surface area contributed by atoms with E-state index in [2.05, 4.69) is 47.4 Å². The molecule has 0 aromatic heterocycles. The van der Waals surface area contributed by atoms with Gasteiger partial charge in [0.2, 0.25) is 0 Å². The van der Waals surface area contributed by atoms with Gasteiger partial charge in [-0.15, -0.1) is 0 Å². The highest BCUT2D eigenvalue weighted by Gasteiger charge is 1.82. The molecule has 0 bridgehead atoms. The summed E-state index contributed by atoms with van der Waals surface area (Å²) in [6.45, 7) is 1.31. The first-order valence-electron chi connectivity index (χ1n) is 8.14. The van der Waals surface area contributed by atoms with Crippen molar-refractivity contribution in [3.63, 3.8) is 0 Å². The first-order valence-corrected chi connectivity index (χ1v) is 8.14. The number of benzene rings is 2. The predicted molar refractivity (Wildman–Crippen MR) is 104 cm³/mol. The molecule has 0 aliphatic rings. The number of hydrogen-bond donors (Lipinski definition) is 0. The first-order chi connectivity index (χ1) is 12.9. The second-order valence-electron chi connectivity index (χ2n) is 4.92. The normalized spacial score (nSPS) is 8.46. The predicted octanol–water partition coefficient (Wildman–Crippen LogP) is 3.13. The molecule has 2 aromatic carbocycles. The van der Waals surface area contributed by atoms with Crippen molar-refractivity contribution in [2.75, 3.05) is 26.4 Å². The summed E-state index contributed by atoms with van der Waals surface area (Å²) in [4.78, 5) is 0. The molecule has 2 aromatic rings. The fraction of sp³-hybridized carbons (Fsp3) is 0.167. The van der Waals surface area contributed by atoms with Crippen LogP contribution in [0.5, 0.6) is 0 Å². The SMILES string of the molecule is C(C#CCOCC#Cc1ccccc1)#CCOCC#Cc1ccccc1. The van der Waals surface area contributed by atoms with Crippen LogP contribution in [0.25, 0.3) is 0 Å². The summed E-state index contributed by atoms with van der Waals surface area (Å²) in [5.74, 6) is 22.9. The standard InChI is InChI=1S/C24H18O2/c1(9-19-25-21-11-17-23-13-5-3-6-14-23)2-10-20-26-22-12-18-24-15-7-4-8-16-24/h3-8,13-16H,19-22H2. The molecule has 0 fully saturated rings. The van der Waals surface area contributed by atoms with Crippen molar-refractivity contribution in [3.05, 3.63) is 71.8 Å². The van der Waals surface area contributed by atoms with Crippen LogP contribution in [0, 0.1) is 47.4 Å². The smallest absolute Gasteiger partial charge is 0.110 e. The topological polar surface area (TPSA) is 18.5 Å². The minimum absolute atomic E-state index is 0.307. The Bertz CT molecular complexity index is 820. The fourth-order valence-corrected chi connectivity index (χ4v) is 1.79. The molecule has 0 N–H and O–H groups in total. The van der Waals surface area contributed by atoms with Gasteiger partial charge in [-0.1, -0.05) is 71.9 Å². The largest absolute Gasteiger partial charge is 0.356 e. The van der Waals surface area contributed by atoms with E-state index in [1.165, 1.54) is 0 Å². The molecule has 0 heterocycles. The van der Waals surface area contributed by atoms with E-state index in [9.17, 15) is 0 Å². The number of rotatable bonds is 4. The Morgan fingerprint density at radius 1 is 0.500 bits per heavy atom. The third-order valence-corrected chi connectivity index (χ3v) is 2.95. The quantitative estimate of drug-likeness (QED) is 0.630. The molecule has 0 saturated carbocycles. The van der Waals surface area contributed by atoms with Crippen LogP contribution in [0.2, 0.25) is 0 Å². The Morgan fingerprint density at radius 3 is 1.31 bits per heavy atom. The summed E-state index contributed by atoms with van der Waals surface area (Å²) >= 11 is 0. The Labute approximate surface area is 155 Å². The first kappa shape index (κ1) is 18.9. The van der Waals surface area contributed by atoms with E-state index in [1.54, 1.807) is 0 Å². The zero-order valence-electron chi connectivity index (χ0n) is 14.4. The van der Waals surface area contributed by atoms with Gasteiger partial charge in [0.25, 0.3) is 0 Å². The Balaban J connectivity index is 1.53. The van der Waals surface area contributed by atoms with Crippen LogP contribution in [-0.4, -0.2) is 26.4 Å². The number of hydrogen-bond acceptors (Lipinski definition) is 2. The van der Waals surface area contributed by atoms with Gasteiger partial charge in [0.1, 0.15) is 26.4 Å². The van der Waals surface area contributed by atoms with Gasteiger partial charge in [-0.2, -0.15) is 0 Å². The van der Waals surface area contributed by atoms with Crippen LogP contribution in [0.1, 0.15) is 11.1 Å². The van der Waals surface area contributed by atoms with Gasteiger partial charge in [-0.05, 0) is 36.1 Å². The summed E-state index contributed by atoms with van der Waals surface area (Å²) in [7, 11) is 0. The Hall–Kier alpha value is -3.40. The monoisotopic (exact) mass is 338 g/mol. The third-order valence-electron chi connectivity index (χ3n) is 2.95. The van der Waals surface area contributed by atoms with Crippen molar-refractivity contribution in [1.29, 1.82) is 0 Å². The molecular formula is C24H18O2. The summed E-state index contributed by atoms with van der Waals surface area (Å²) < 4.78 is 10.6. The zero-order chi connectivity index (χ0) is 18.1. The van der Waals surface area contributed by atoms with Crippen molar-refractivity contribution >= 4 is 0 Å². The second-order valence-corrected chi connectivity index (χ2v) is 4.92. The summed E-state index contributed by atoms with van der Waals surface area (Å²) in [5.41, 5.74) is 1.95. The van der Waals surface area contributed by atoms with E-state index in [4.69, 9.17) is 9.47 Å². The van der Waals surface area contributed by atoms with Crippen LogP contribution in [-0.2, 0) is 9.47 Å². The third kappa shape index (κ3) is 9.03. The lowest BCUT2D eigenvalue weighted by atomic mass is 10.2. The molecule has 0 amide bonds. The van der Waals surface area contributed by atoms with Crippen LogP contribution >= 0.6 is 0 Å². The maximum Gasteiger partial charge on any atom is 0.110 e. The van der Waals surface area contributed by atoms with Crippen molar-refractivity contribution in [3.8, 4) is 47.4 Å². The summed E-state index contributed by atoms with van der Waals surface area (Å²) in [6, 6.07) is 19.6. The average Bonchev–Trinajstić information content (AvgIpc) is 2.70. The molecule has 0 saturated heterocycles. The molecule has 0 spiro atoms. The fourth-order valence-electron chi connectivity index (χ4n) is 1.79. The van der Waals surface area contributed by atoms with E-state index in [0.29, 0.717) is 26.4 Å². The lowest BCUT2D eigenvalue weighted by molar-refractivity contribution is 0.204. The van der Waals surface area contributed by atoms with Gasteiger partial charge in [0.15, 0.2) is 0 Å². The van der Waals surface area contributed by atoms with E-state index in [0.717, 1.165) is 11.1 Å². The van der Waals surface area contributed by atoms with E-state index < -0.39 is 0 Å². The highest BCUT2D eigenvalue weighted by atomic mass is 16.5. The minimum atomic E-state index is 0.307. The lowest BCUT2D eigenvalue weighted by Crippen LogP contribution is -1.92. The molecular weight excluding hydrogens is 320 g/mol. The Morgan fingerprint density at radius 2 is 0.885 bits per heavy atom.